The molecule has 92 valence electrons. The second kappa shape index (κ2) is 4.49. The minimum absolute atomic E-state index is 0.565. The normalized spacial score (nSPS) is 12.4. The van der Waals surface area contributed by atoms with Gasteiger partial charge in [0, 0.05) is 0 Å². The summed E-state index contributed by atoms with van der Waals surface area (Å²) in [5.74, 6) is 1.56. The standard InChI is InChI=1S/C17H18O/c1-12(2)11-18-15-7-8-17-14(10-15)9-13-5-3-4-6-16(13)17/h3-8,10,12H,9,11H2,1-2H3. The smallest absolute Gasteiger partial charge is 0.119 e. The highest BCUT2D eigenvalue weighted by Gasteiger charge is 2.17. The van der Waals surface area contributed by atoms with Crippen molar-refractivity contribution in [2.75, 3.05) is 6.61 Å². The zero-order valence-corrected chi connectivity index (χ0v) is 10.9. The minimum atomic E-state index is 0.565. The van der Waals surface area contributed by atoms with Crippen LogP contribution in [0.3, 0.4) is 0 Å². The predicted octanol–water partition coefficient (Wildman–Crippen LogP) is 4.29. The van der Waals surface area contributed by atoms with Gasteiger partial charge in [0.1, 0.15) is 5.75 Å². The Morgan fingerprint density at radius 3 is 2.61 bits per heavy atom. The fourth-order valence-corrected chi connectivity index (χ4v) is 2.47. The average molecular weight is 238 g/mol. The third-order valence-electron chi connectivity index (χ3n) is 3.35. The van der Waals surface area contributed by atoms with E-state index in [9.17, 15) is 0 Å². The second-order valence-electron chi connectivity index (χ2n) is 5.36. The first-order chi connectivity index (χ1) is 8.74. The number of hydrogen-bond acceptors (Lipinski definition) is 1. The van der Waals surface area contributed by atoms with E-state index < -0.39 is 0 Å². The fraction of sp³-hybridized carbons (Fsp3) is 0.294. The van der Waals surface area contributed by atoms with Gasteiger partial charge in [-0.05, 0) is 46.7 Å². The van der Waals surface area contributed by atoms with Gasteiger partial charge in [0.2, 0.25) is 0 Å². The molecule has 0 amide bonds. The Hall–Kier alpha value is -1.76. The maximum atomic E-state index is 5.79. The summed E-state index contributed by atoms with van der Waals surface area (Å²) in [4.78, 5) is 0. The lowest BCUT2D eigenvalue weighted by molar-refractivity contribution is 0.271. The molecular weight excluding hydrogens is 220 g/mol. The van der Waals surface area contributed by atoms with Crippen molar-refractivity contribution in [2.24, 2.45) is 5.92 Å². The Morgan fingerprint density at radius 2 is 1.78 bits per heavy atom. The van der Waals surface area contributed by atoms with Gasteiger partial charge in [0.15, 0.2) is 0 Å². The van der Waals surface area contributed by atoms with Crippen molar-refractivity contribution in [1.29, 1.82) is 0 Å². The fourth-order valence-electron chi connectivity index (χ4n) is 2.47. The molecule has 0 fully saturated rings. The molecule has 3 rings (SSSR count). The van der Waals surface area contributed by atoms with Crippen LogP contribution in [0.4, 0.5) is 0 Å². The third-order valence-corrected chi connectivity index (χ3v) is 3.35. The summed E-state index contributed by atoms with van der Waals surface area (Å²) in [7, 11) is 0. The maximum absolute atomic E-state index is 5.79. The second-order valence-corrected chi connectivity index (χ2v) is 5.36. The molecule has 18 heavy (non-hydrogen) atoms. The molecule has 1 aliphatic carbocycles. The minimum Gasteiger partial charge on any atom is -0.493 e. The lowest BCUT2D eigenvalue weighted by Gasteiger charge is -2.10. The molecule has 1 heteroatoms. The SMILES string of the molecule is CC(C)COc1ccc2c(c1)Cc1ccccc1-2. The van der Waals surface area contributed by atoms with E-state index in [1.807, 2.05) is 0 Å². The summed E-state index contributed by atoms with van der Waals surface area (Å²) in [5, 5.41) is 0. The predicted molar refractivity (Wildman–Crippen MR) is 75.0 cm³/mol. The van der Waals surface area contributed by atoms with Gasteiger partial charge in [-0.25, -0.2) is 0 Å². The van der Waals surface area contributed by atoms with Crippen molar-refractivity contribution < 1.29 is 4.74 Å². The van der Waals surface area contributed by atoms with Crippen molar-refractivity contribution in [1.82, 2.24) is 0 Å². The van der Waals surface area contributed by atoms with E-state index in [4.69, 9.17) is 4.74 Å². The van der Waals surface area contributed by atoms with Crippen LogP contribution in [0.1, 0.15) is 25.0 Å². The number of ether oxygens (including phenoxy) is 1. The molecule has 0 spiro atoms. The molecule has 2 aromatic carbocycles. The molecule has 0 unspecified atom stereocenters. The quantitative estimate of drug-likeness (QED) is 0.661. The number of benzene rings is 2. The van der Waals surface area contributed by atoms with Gasteiger partial charge in [0.25, 0.3) is 0 Å². The molecule has 2 aromatic rings. The van der Waals surface area contributed by atoms with Crippen molar-refractivity contribution in [2.45, 2.75) is 20.3 Å². The van der Waals surface area contributed by atoms with Crippen LogP contribution in [-0.2, 0) is 6.42 Å². The highest BCUT2D eigenvalue weighted by atomic mass is 16.5. The van der Waals surface area contributed by atoms with Crippen molar-refractivity contribution in [3.63, 3.8) is 0 Å². The first-order valence-electron chi connectivity index (χ1n) is 6.58. The lowest BCUT2D eigenvalue weighted by atomic mass is 10.1. The van der Waals surface area contributed by atoms with Crippen LogP contribution in [0.5, 0.6) is 5.75 Å². The zero-order chi connectivity index (χ0) is 12.5. The molecule has 1 aliphatic rings. The van der Waals surface area contributed by atoms with Crippen molar-refractivity contribution in [3.05, 3.63) is 53.6 Å². The molecule has 0 heterocycles. The average Bonchev–Trinajstić information content (AvgIpc) is 2.73. The monoisotopic (exact) mass is 238 g/mol. The van der Waals surface area contributed by atoms with Crippen LogP contribution < -0.4 is 4.74 Å². The summed E-state index contributed by atoms with van der Waals surface area (Å²) in [6.07, 6.45) is 1.03. The van der Waals surface area contributed by atoms with Crippen LogP contribution in [0, 0.1) is 5.92 Å². The molecule has 0 aliphatic heterocycles. The van der Waals surface area contributed by atoms with E-state index in [0.717, 1.165) is 18.8 Å². The number of rotatable bonds is 3. The largest absolute Gasteiger partial charge is 0.493 e. The van der Waals surface area contributed by atoms with Gasteiger partial charge in [0.05, 0.1) is 6.61 Å². The van der Waals surface area contributed by atoms with E-state index in [1.54, 1.807) is 0 Å². The van der Waals surface area contributed by atoms with Crippen LogP contribution in [0.25, 0.3) is 11.1 Å². The molecule has 0 N–H and O–H groups in total. The molecule has 0 bridgehead atoms. The van der Waals surface area contributed by atoms with Crippen LogP contribution in [0.2, 0.25) is 0 Å². The van der Waals surface area contributed by atoms with Crippen molar-refractivity contribution >= 4 is 0 Å². The van der Waals surface area contributed by atoms with Crippen LogP contribution >= 0.6 is 0 Å². The Labute approximate surface area is 108 Å². The summed E-state index contributed by atoms with van der Waals surface area (Å²) in [5.41, 5.74) is 5.55. The third kappa shape index (κ3) is 2.01. The Balaban J connectivity index is 1.89. The topological polar surface area (TPSA) is 9.23 Å². The van der Waals surface area contributed by atoms with Gasteiger partial charge >= 0.3 is 0 Å². The summed E-state index contributed by atoms with van der Waals surface area (Å²) < 4.78 is 5.79. The number of fused-ring (bicyclic) bond motifs is 3. The first-order valence-corrected chi connectivity index (χ1v) is 6.58. The maximum Gasteiger partial charge on any atom is 0.119 e. The molecule has 0 atom stereocenters. The first kappa shape index (κ1) is 11.3. The molecule has 0 saturated heterocycles. The van der Waals surface area contributed by atoms with E-state index in [2.05, 4.69) is 56.3 Å². The summed E-state index contributed by atoms with van der Waals surface area (Å²) in [6.45, 7) is 5.12. The molecule has 0 aromatic heterocycles. The van der Waals surface area contributed by atoms with Gasteiger partial charge in [-0.1, -0.05) is 44.2 Å². The summed E-state index contributed by atoms with van der Waals surface area (Å²) in [6, 6.07) is 15.1. The summed E-state index contributed by atoms with van der Waals surface area (Å²) >= 11 is 0. The lowest BCUT2D eigenvalue weighted by Crippen LogP contribution is -2.04. The highest BCUT2D eigenvalue weighted by molar-refractivity contribution is 5.77. The molecule has 0 saturated carbocycles. The van der Waals surface area contributed by atoms with Crippen LogP contribution in [0.15, 0.2) is 42.5 Å². The Kier molecular flexibility index (Phi) is 2.83. The Bertz CT molecular complexity index is 570. The molecular formula is C17H18O. The number of hydrogen-bond donors (Lipinski definition) is 0. The van der Waals surface area contributed by atoms with E-state index in [-0.39, 0.29) is 0 Å². The van der Waals surface area contributed by atoms with E-state index in [1.165, 1.54) is 22.3 Å². The van der Waals surface area contributed by atoms with Gasteiger partial charge in [-0.15, -0.1) is 0 Å². The highest BCUT2D eigenvalue weighted by Crippen LogP contribution is 2.37. The van der Waals surface area contributed by atoms with Crippen LogP contribution in [-0.4, -0.2) is 6.61 Å². The molecule has 0 radical (unpaired) electrons. The Morgan fingerprint density at radius 1 is 1.00 bits per heavy atom. The van der Waals surface area contributed by atoms with Crippen molar-refractivity contribution in [3.8, 4) is 16.9 Å². The van der Waals surface area contributed by atoms with Gasteiger partial charge in [-0.2, -0.15) is 0 Å². The molecule has 1 nitrogen and oxygen atoms in total. The van der Waals surface area contributed by atoms with Gasteiger partial charge < -0.3 is 4.74 Å². The van der Waals surface area contributed by atoms with E-state index in [0.29, 0.717) is 5.92 Å². The van der Waals surface area contributed by atoms with E-state index >= 15 is 0 Å². The van der Waals surface area contributed by atoms with Gasteiger partial charge in [-0.3, -0.25) is 0 Å². The zero-order valence-electron chi connectivity index (χ0n) is 10.9.